The number of aliphatic carboxylic acids is 1. The van der Waals surface area contributed by atoms with Crippen LogP contribution >= 0.6 is 0 Å². The summed E-state index contributed by atoms with van der Waals surface area (Å²) in [6, 6.07) is 7.33. The molecular weight excluding hydrogens is 264 g/mol. The van der Waals surface area contributed by atoms with Crippen molar-refractivity contribution in [3.8, 4) is 0 Å². The summed E-state index contributed by atoms with van der Waals surface area (Å²) in [7, 11) is -3.06. The number of benzene rings is 1. The van der Waals surface area contributed by atoms with E-state index in [2.05, 4.69) is 0 Å². The van der Waals surface area contributed by atoms with Gasteiger partial charge in [0.2, 0.25) is 0 Å². The zero-order valence-electron chi connectivity index (χ0n) is 10.9. The van der Waals surface area contributed by atoms with Crippen LogP contribution in [0.4, 0.5) is 0 Å². The van der Waals surface area contributed by atoms with E-state index < -0.39 is 15.8 Å². The van der Waals surface area contributed by atoms with Crippen molar-refractivity contribution in [1.29, 1.82) is 0 Å². The second-order valence-corrected chi connectivity index (χ2v) is 7.50. The zero-order valence-corrected chi connectivity index (χ0v) is 11.7. The van der Waals surface area contributed by atoms with Crippen LogP contribution in [0.25, 0.3) is 0 Å². The van der Waals surface area contributed by atoms with Crippen LogP contribution < -0.4 is 0 Å². The highest BCUT2D eigenvalue weighted by Gasteiger charge is 2.33. The Balaban J connectivity index is 2.22. The molecule has 1 aliphatic carbocycles. The number of carboxylic acids is 1. The lowest BCUT2D eigenvalue weighted by Gasteiger charge is -2.15. The first kappa shape index (κ1) is 14.1. The molecule has 0 radical (unpaired) electrons. The summed E-state index contributed by atoms with van der Waals surface area (Å²) in [6.45, 7) is 0. The molecule has 2 rings (SSSR count). The molecule has 1 unspecified atom stereocenters. The number of sulfone groups is 1. The second-order valence-electron chi connectivity index (χ2n) is 5.36. The van der Waals surface area contributed by atoms with Gasteiger partial charge in [-0.05, 0) is 35.8 Å². The molecule has 0 spiro atoms. The summed E-state index contributed by atoms with van der Waals surface area (Å²) in [5.41, 5.74) is 1.68. The average Bonchev–Trinajstić information content (AvgIpc) is 3.07. The number of rotatable bonds is 6. The van der Waals surface area contributed by atoms with Crippen LogP contribution in [0.3, 0.4) is 0 Å². The van der Waals surface area contributed by atoms with Crippen molar-refractivity contribution >= 4 is 15.8 Å². The molecule has 0 bridgehead atoms. The third-order valence-corrected chi connectivity index (χ3v) is 4.25. The fraction of sp³-hybridized carbons (Fsp3) is 0.500. The molecule has 0 saturated heterocycles. The molecule has 0 amide bonds. The first-order valence-electron chi connectivity index (χ1n) is 6.33. The first-order chi connectivity index (χ1) is 8.85. The molecule has 1 atom stereocenters. The van der Waals surface area contributed by atoms with Crippen LogP contribution in [0.2, 0.25) is 0 Å². The summed E-state index contributed by atoms with van der Waals surface area (Å²) in [6.07, 6.45) is 3.45. The van der Waals surface area contributed by atoms with E-state index in [-0.39, 0.29) is 18.1 Å². The van der Waals surface area contributed by atoms with Gasteiger partial charge in [-0.2, -0.15) is 0 Å². The lowest BCUT2D eigenvalue weighted by Crippen LogP contribution is -2.09. The number of hydrogen-bond acceptors (Lipinski definition) is 3. The Morgan fingerprint density at radius 1 is 1.42 bits per heavy atom. The smallest absolute Gasteiger partial charge is 0.303 e. The summed E-state index contributed by atoms with van der Waals surface area (Å²) in [5.74, 6) is -0.349. The van der Waals surface area contributed by atoms with Gasteiger partial charge in [-0.15, -0.1) is 0 Å². The number of hydrogen-bond donors (Lipinski definition) is 1. The Hall–Kier alpha value is -1.36. The van der Waals surface area contributed by atoms with E-state index in [1.165, 1.54) is 6.26 Å². The fourth-order valence-corrected chi connectivity index (χ4v) is 3.24. The van der Waals surface area contributed by atoms with Crippen LogP contribution in [0, 0.1) is 5.92 Å². The van der Waals surface area contributed by atoms with E-state index >= 15 is 0 Å². The quantitative estimate of drug-likeness (QED) is 0.868. The molecule has 1 N–H and O–H groups in total. The van der Waals surface area contributed by atoms with Crippen molar-refractivity contribution in [2.24, 2.45) is 5.92 Å². The monoisotopic (exact) mass is 282 g/mol. The number of carboxylic acid groups (broad SMARTS) is 1. The maximum atomic E-state index is 11.3. The van der Waals surface area contributed by atoms with Crippen molar-refractivity contribution in [3.63, 3.8) is 0 Å². The molecule has 5 heteroatoms. The van der Waals surface area contributed by atoms with Crippen molar-refractivity contribution in [2.75, 3.05) is 6.26 Å². The molecule has 0 heterocycles. The molecule has 1 aromatic carbocycles. The SMILES string of the molecule is CS(=O)(=O)Cc1cccc(C(CC(=O)O)C2CC2)c1. The Kier molecular flexibility index (Phi) is 3.94. The number of carbonyl (C=O) groups is 1. The maximum Gasteiger partial charge on any atom is 0.303 e. The highest BCUT2D eigenvalue weighted by molar-refractivity contribution is 7.89. The van der Waals surface area contributed by atoms with E-state index in [9.17, 15) is 13.2 Å². The maximum absolute atomic E-state index is 11.3. The van der Waals surface area contributed by atoms with E-state index in [1.54, 1.807) is 6.07 Å². The van der Waals surface area contributed by atoms with Gasteiger partial charge in [-0.3, -0.25) is 4.79 Å². The summed E-state index contributed by atoms with van der Waals surface area (Å²) < 4.78 is 22.6. The van der Waals surface area contributed by atoms with Crippen LogP contribution in [-0.2, 0) is 20.4 Å². The third kappa shape index (κ3) is 4.35. The van der Waals surface area contributed by atoms with Gasteiger partial charge < -0.3 is 5.11 Å². The van der Waals surface area contributed by atoms with E-state index in [1.807, 2.05) is 18.2 Å². The van der Waals surface area contributed by atoms with Gasteiger partial charge in [0.05, 0.1) is 12.2 Å². The van der Waals surface area contributed by atoms with Crippen LogP contribution in [-0.4, -0.2) is 25.7 Å². The van der Waals surface area contributed by atoms with Crippen LogP contribution in [0.15, 0.2) is 24.3 Å². The molecular formula is C14H18O4S. The Bertz CT molecular complexity index is 573. The lowest BCUT2D eigenvalue weighted by atomic mass is 9.90. The Morgan fingerprint density at radius 3 is 2.63 bits per heavy atom. The van der Waals surface area contributed by atoms with E-state index in [4.69, 9.17) is 5.11 Å². The van der Waals surface area contributed by atoms with Crippen molar-refractivity contribution in [2.45, 2.75) is 30.9 Å². The van der Waals surface area contributed by atoms with E-state index in [0.29, 0.717) is 5.92 Å². The molecule has 19 heavy (non-hydrogen) atoms. The van der Waals surface area contributed by atoms with Crippen molar-refractivity contribution in [1.82, 2.24) is 0 Å². The molecule has 4 nitrogen and oxygen atoms in total. The minimum Gasteiger partial charge on any atom is -0.481 e. The highest BCUT2D eigenvalue weighted by atomic mass is 32.2. The average molecular weight is 282 g/mol. The third-order valence-electron chi connectivity index (χ3n) is 3.39. The largest absolute Gasteiger partial charge is 0.481 e. The van der Waals surface area contributed by atoms with Crippen LogP contribution in [0.5, 0.6) is 0 Å². The van der Waals surface area contributed by atoms with Gasteiger partial charge in [-0.1, -0.05) is 24.3 Å². The van der Waals surface area contributed by atoms with Gasteiger partial charge in [-0.25, -0.2) is 8.42 Å². The Labute approximate surface area is 113 Å². The summed E-state index contributed by atoms with van der Waals surface area (Å²) >= 11 is 0. The molecule has 0 aliphatic heterocycles. The topological polar surface area (TPSA) is 71.4 Å². The van der Waals surface area contributed by atoms with Crippen molar-refractivity contribution in [3.05, 3.63) is 35.4 Å². The molecule has 1 aromatic rings. The summed E-state index contributed by atoms with van der Waals surface area (Å²) in [4.78, 5) is 10.9. The molecule has 1 fully saturated rings. The lowest BCUT2D eigenvalue weighted by molar-refractivity contribution is -0.137. The minimum atomic E-state index is -3.06. The summed E-state index contributed by atoms with van der Waals surface area (Å²) in [5, 5.41) is 8.98. The molecule has 104 valence electrons. The molecule has 0 aromatic heterocycles. The van der Waals surface area contributed by atoms with Gasteiger partial charge in [0.1, 0.15) is 0 Å². The predicted octanol–water partition coefficient (Wildman–Crippen LogP) is 2.20. The van der Waals surface area contributed by atoms with Gasteiger partial charge in [0.25, 0.3) is 0 Å². The van der Waals surface area contributed by atoms with Crippen molar-refractivity contribution < 1.29 is 18.3 Å². The minimum absolute atomic E-state index is 0.00526. The van der Waals surface area contributed by atoms with Gasteiger partial charge in [0, 0.05) is 6.26 Å². The molecule has 1 saturated carbocycles. The van der Waals surface area contributed by atoms with Crippen LogP contribution in [0.1, 0.15) is 36.3 Å². The predicted molar refractivity (Wildman–Crippen MR) is 72.7 cm³/mol. The first-order valence-corrected chi connectivity index (χ1v) is 8.39. The van der Waals surface area contributed by atoms with Gasteiger partial charge >= 0.3 is 5.97 Å². The fourth-order valence-electron chi connectivity index (χ4n) is 2.46. The highest BCUT2D eigenvalue weighted by Crippen LogP contribution is 2.44. The van der Waals surface area contributed by atoms with Gasteiger partial charge in [0.15, 0.2) is 9.84 Å². The zero-order chi connectivity index (χ0) is 14.0. The molecule has 1 aliphatic rings. The normalized spacial score (nSPS) is 17.1. The standard InChI is InChI=1S/C14H18O4S/c1-19(17,18)9-10-3-2-4-12(7-10)13(8-14(15)16)11-5-6-11/h2-4,7,11,13H,5-6,8-9H2,1H3,(H,15,16). The Morgan fingerprint density at radius 2 is 2.11 bits per heavy atom. The van der Waals surface area contributed by atoms with E-state index in [0.717, 1.165) is 24.0 Å². The second kappa shape index (κ2) is 5.33.